The molecule has 23 heavy (non-hydrogen) atoms. The van der Waals surface area contributed by atoms with Crippen LogP contribution in [0.2, 0.25) is 0 Å². The van der Waals surface area contributed by atoms with Gasteiger partial charge in [0, 0.05) is 50.3 Å². The Morgan fingerprint density at radius 3 is 2.43 bits per heavy atom. The summed E-state index contributed by atoms with van der Waals surface area (Å²) in [6.45, 7) is 10.9. The van der Waals surface area contributed by atoms with E-state index in [2.05, 4.69) is 73.8 Å². The third-order valence-electron chi connectivity index (χ3n) is 4.13. The van der Waals surface area contributed by atoms with Gasteiger partial charge in [-0.1, -0.05) is 34.1 Å². The van der Waals surface area contributed by atoms with Gasteiger partial charge in [-0.2, -0.15) is 0 Å². The minimum absolute atomic E-state index is 0. The molecule has 0 amide bonds. The molecule has 1 N–H and O–H groups in total. The second-order valence-electron chi connectivity index (χ2n) is 5.47. The number of hydrogen-bond donors (Lipinski definition) is 1. The molecule has 6 heteroatoms. The highest BCUT2D eigenvalue weighted by Crippen LogP contribution is 2.23. The highest BCUT2D eigenvalue weighted by atomic mass is 127. The van der Waals surface area contributed by atoms with Crippen molar-refractivity contribution in [2.45, 2.75) is 13.0 Å². The number of halogens is 2. The quantitative estimate of drug-likeness (QED) is 0.302. The normalized spacial score (nSPS) is 17.3. The van der Waals surface area contributed by atoms with Gasteiger partial charge < -0.3 is 10.2 Å². The molecule has 0 spiro atoms. The molecule has 0 radical (unpaired) electrons. The number of benzene rings is 1. The number of piperazine rings is 1. The first-order valence-corrected chi connectivity index (χ1v) is 8.51. The number of guanidine groups is 1. The van der Waals surface area contributed by atoms with E-state index in [4.69, 9.17) is 0 Å². The van der Waals surface area contributed by atoms with Crippen LogP contribution in [-0.2, 0) is 0 Å². The van der Waals surface area contributed by atoms with Crippen LogP contribution < -0.4 is 5.32 Å². The van der Waals surface area contributed by atoms with Gasteiger partial charge in [0.05, 0.1) is 0 Å². The lowest BCUT2D eigenvalue weighted by Gasteiger charge is -2.39. The van der Waals surface area contributed by atoms with E-state index in [1.54, 1.807) is 0 Å². The molecule has 0 bridgehead atoms. The standard InChI is InChI=1S/C17H25BrN4.HI/c1-4-9-20-17(19-3)22-12-10-21(11-13-22)14(2)15-5-7-16(18)8-6-15;/h4-8,14H,1,9-13H2,2-3H3,(H,19,20);1H. The Labute approximate surface area is 165 Å². The average Bonchev–Trinajstić information content (AvgIpc) is 2.56. The molecular weight excluding hydrogens is 467 g/mol. The van der Waals surface area contributed by atoms with Crippen molar-refractivity contribution in [1.29, 1.82) is 0 Å². The van der Waals surface area contributed by atoms with Gasteiger partial charge in [0.1, 0.15) is 0 Å². The van der Waals surface area contributed by atoms with E-state index in [9.17, 15) is 0 Å². The smallest absolute Gasteiger partial charge is 0.193 e. The molecule has 1 unspecified atom stereocenters. The third-order valence-corrected chi connectivity index (χ3v) is 4.66. The Kier molecular flexibility index (Phi) is 9.16. The van der Waals surface area contributed by atoms with Crippen LogP contribution in [0.3, 0.4) is 0 Å². The molecule has 0 aliphatic carbocycles. The Morgan fingerprint density at radius 2 is 1.91 bits per heavy atom. The fourth-order valence-electron chi connectivity index (χ4n) is 2.77. The predicted octanol–water partition coefficient (Wildman–Crippen LogP) is 3.51. The van der Waals surface area contributed by atoms with E-state index < -0.39 is 0 Å². The predicted molar refractivity (Wildman–Crippen MR) is 113 cm³/mol. The lowest BCUT2D eigenvalue weighted by molar-refractivity contribution is 0.138. The molecule has 1 saturated heterocycles. The number of rotatable bonds is 4. The highest BCUT2D eigenvalue weighted by molar-refractivity contribution is 14.0. The van der Waals surface area contributed by atoms with E-state index in [-0.39, 0.29) is 24.0 Å². The third kappa shape index (κ3) is 5.76. The summed E-state index contributed by atoms with van der Waals surface area (Å²) in [5, 5.41) is 3.30. The van der Waals surface area contributed by atoms with Gasteiger partial charge in [-0.25, -0.2) is 0 Å². The number of nitrogens with zero attached hydrogens (tertiary/aromatic N) is 3. The van der Waals surface area contributed by atoms with Gasteiger partial charge in [-0.15, -0.1) is 30.6 Å². The maximum absolute atomic E-state index is 4.35. The molecular formula is C17H26BrIN4. The van der Waals surface area contributed by atoms with E-state index >= 15 is 0 Å². The summed E-state index contributed by atoms with van der Waals surface area (Å²) in [6.07, 6.45) is 1.86. The van der Waals surface area contributed by atoms with Crippen molar-refractivity contribution in [2.75, 3.05) is 39.8 Å². The van der Waals surface area contributed by atoms with Crippen LogP contribution in [0.1, 0.15) is 18.5 Å². The lowest BCUT2D eigenvalue weighted by atomic mass is 10.1. The molecule has 128 valence electrons. The largest absolute Gasteiger partial charge is 0.353 e. The highest BCUT2D eigenvalue weighted by Gasteiger charge is 2.23. The summed E-state index contributed by atoms with van der Waals surface area (Å²) in [5.74, 6) is 0.968. The van der Waals surface area contributed by atoms with Crippen LogP contribution in [0.25, 0.3) is 0 Å². The fraction of sp³-hybridized carbons (Fsp3) is 0.471. The van der Waals surface area contributed by atoms with Gasteiger partial charge in [0.25, 0.3) is 0 Å². The van der Waals surface area contributed by atoms with Crippen LogP contribution in [0.15, 0.2) is 46.4 Å². The van der Waals surface area contributed by atoms with Crippen molar-refractivity contribution in [3.05, 3.63) is 47.0 Å². The summed E-state index contributed by atoms with van der Waals surface area (Å²) < 4.78 is 1.13. The van der Waals surface area contributed by atoms with Gasteiger partial charge in [0.2, 0.25) is 0 Å². The Morgan fingerprint density at radius 1 is 1.30 bits per heavy atom. The van der Waals surface area contributed by atoms with E-state index in [0.29, 0.717) is 6.04 Å². The van der Waals surface area contributed by atoms with Gasteiger partial charge >= 0.3 is 0 Å². The van der Waals surface area contributed by atoms with Crippen molar-refractivity contribution < 1.29 is 0 Å². The SMILES string of the molecule is C=CCNC(=NC)N1CCN(C(C)c2ccc(Br)cc2)CC1.I. The number of aliphatic imine (C=N–C) groups is 1. The molecule has 1 atom stereocenters. The van der Waals surface area contributed by atoms with Crippen LogP contribution in [0, 0.1) is 0 Å². The molecule has 0 aromatic heterocycles. The van der Waals surface area contributed by atoms with Crippen LogP contribution in [-0.4, -0.2) is 55.5 Å². The van der Waals surface area contributed by atoms with Crippen molar-refractivity contribution in [1.82, 2.24) is 15.1 Å². The zero-order chi connectivity index (χ0) is 15.9. The molecule has 1 heterocycles. The molecule has 4 nitrogen and oxygen atoms in total. The summed E-state index contributed by atoms with van der Waals surface area (Å²) in [4.78, 5) is 9.19. The molecule has 1 aromatic rings. The average molecular weight is 493 g/mol. The minimum atomic E-state index is 0. The first kappa shape index (κ1) is 20.4. The summed E-state index contributed by atoms with van der Waals surface area (Å²) in [5.41, 5.74) is 1.37. The van der Waals surface area contributed by atoms with Crippen LogP contribution in [0.5, 0.6) is 0 Å². The van der Waals surface area contributed by atoms with E-state index in [0.717, 1.165) is 43.2 Å². The van der Waals surface area contributed by atoms with E-state index in [1.807, 2.05) is 13.1 Å². The number of nitrogens with one attached hydrogen (secondary N) is 1. The van der Waals surface area contributed by atoms with Gasteiger partial charge in [0.15, 0.2) is 5.96 Å². The first-order valence-electron chi connectivity index (χ1n) is 7.71. The number of hydrogen-bond acceptors (Lipinski definition) is 2. The summed E-state index contributed by atoms with van der Waals surface area (Å²) >= 11 is 3.50. The Balaban J connectivity index is 0.00000264. The maximum Gasteiger partial charge on any atom is 0.193 e. The molecule has 1 aromatic carbocycles. The first-order chi connectivity index (χ1) is 10.7. The monoisotopic (exact) mass is 492 g/mol. The van der Waals surface area contributed by atoms with Gasteiger partial charge in [-0.05, 0) is 24.6 Å². The zero-order valence-corrected chi connectivity index (χ0v) is 17.8. The Hall–Kier alpha value is -0.600. The fourth-order valence-corrected chi connectivity index (χ4v) is 3.03. The molecule has 1 aliphatic rings. The molecule has 1 fully saturated rings. The zero-order valence-electron chi connectivity index (χ0n) is 13.8. The summed E-state index contributed by atoms with van der Waals surface area (Å²) in [6, 6.07) is 9.07. The van der Waals surface area contributed by atoms with Crippen LogP contribution >= 0.6 is 39.9 Å². The second kappa shape index (κ2) is 10.3. The van der Waals surface area contributed by atoms with E-state index in [1.165, 1.54) is 5.56 Å². The minimum Gasteiger partial charge on any atom is -0.353 e. The van der Waals surface area contributed by atoms with Crippen molar-refractivity contribution in [2.24, 2.45) is 4.99 Å². The topological polar surface area (TPSA) is 30.9 Å². The second-order valence-corrected chi connectivity index (χ2v) is 6.38. The lowest BCUT2D eigenvalue weighted by Crippen LogP contribution is -2.52. The molecule has 0 saturated carbocycles. The van der Waals surface area contributed by atoms with Crippen molar-refractivity contribution >= 4 is 45.9 Å². The van der Waals surface area contributed by atoms with Crippen molar-refractivity contribution in [3.8, 4) is 0 Å². The molecule has 1 aliphatic heterocycles. The molecule has 2 rings (SSSR count). The Bertz CT molecular complexity index is 510. The van der Waals surface area contributed by atoms with Crippen molar-refractivity contribution in [3.63, 3.8) is 0 Å². The maximum atomic E-state index is 4.35. The van der Waals surface area contributed by atoms with Crippen LogP contribution in [0.4, 0.5) is 0 Å². The summed E-state index contributed by atoms with van der Waals surface area (Å²) in [7, 11) is 1.84. The van der Waals surface area contributed by atoms with Gasteiger partial charge in [-0.3, -0.25) is 9.89 Å².